The van der Waals surface area contributed by atoms with Crippen molar-refractivity contribution in [2.24, 2.45) is 11.8 Å². The van der Waals surface area contributed by atoms with Crippen molar-refractivity contribution in [3.05, 3.63) is 59.2 Å². The molecule has 3 heteroatoms. The van der Waals surface area contributed by atoms with E-state index < -0.39 is 0 Å². The zero-order valence-corrected chi connectivity index (χ0v) is 16.8. The molecule has 1 N–H and O–H groups in total. The monoisotopic (exact) mass is 377 g/mol. The number of aldehydes is 1. The molecule has 1 heterocycles. The minimum atomic E-state index is 0.237. The molecule has 0 saturated carbocycles. The minimum absolute atomic E-state index is 0.237. The maximum absolute atomic E-state index is 11.0. The van der Waals surface area contributed by atoms with Crippen molar-refractivity contribution < 1.29 is 9.90 Å². The molecule has 2 aromatic rings. The summed E-state index contributed by atoms with van der Waals surface area (Å²) in [6, 6.07) is 15.0. The normalized spacial score (nSPS) is 22.7. The average molecular weight is 378 g/mol. The lowest BCUT2D eigenvalue weighted by Gasteiger charge is -2.35. The maximum atomic E-state index is 11.0. The predicted octanol–water partition coefficient (Wildman–Crippen LogP) is 5.30. The van der Waals surface area contributed by atoms with Crippen LogP contribution >= 0.6 is 0 Å². The van der Waals surface area contributed by atoms with Gasteiger partial charge < -0.3 is 14.8 Å². The number of anilines is 1. The van der Waals surface area contributed by atoms with Gasteiger partial charge in [-0.15, -0.1) is 0 Å². The smallest absolute Gasteiger partial charge is 0.123 e. The topological polar surface area (TPSA) is 40.5 Å². The molecule has 2 aromatic carbocycles. The molecule has 0 bridgehead atoms. The van der Waals surface area contributed by atoms with Crippen LogP contribution in [0.15, 0.2) is 42.5 Å². The Balaban J connectivity index is 1.59. The van der Waals surface area contributed by atoms with Crippen LogP contribution in [-0.4, -0.2) is 24.5 Å². The number of piperidine rings is 1. The van der Waals surface area contributed by atoms with Gasteiger partial charge in [-0.3, -0.25) is 0 Å². The molecule has 0 amide bonds. The molecule has 3 nitrogen and oxygen atoms in total. The fourth-order valence-corrected chi connectivity index (χ4v) is 5.19. The number of aryl methyl sites for hydroxylation is 1. The molecule has 1 aliphatic carbocycles. The van der Waals surface area contributed by atoms with E-state index >= 15 is 0 Å². The maximum Gasteiger partial charge on any atom is 0.123 e. The molecule has 1 aliphatic heterocycles. The van der Waals surface area contributed by atoms with Gasteiger partial charge in [-0.1, -0.05) is 31.5 Å². The minimum Gasteiger partial charge on any atom is -0.508 e. The second-order valence-corrected chi connectivity index (χ2v) is 8.50. The van der Waals surface area contributed by atoms with Crippen LogP contribution in [0.5, 0.6) is 5.75 Å². The van der Waals surface area contributed by atoms with E-state index in [2.05, 4.69) is 42.2 Å². The van der Waals surface area contributed by atoms with E-state index in [0.717, 1.165) is 38.6 Å². The van der Waals surface area contributed by atoms with Crippen molar-refractivity contribution in [3.8, 4) is 5.75 Å². The second kappa shape index (κ2) is 8.38. The van der Waals surface area contributed by atoms with Crippen LogP contribution in [-0.2, 0) is 11.2 Å². The average Bonchev–Trinajstić information content (AvgIpc) is 2.74. The van der Waals surface area contributed by atoms with Crippen molar-refractivity contribution in [2.75, 3.05) is 18.0 Å². The molecule has 4 rings (SSSR count). The Morgan fingerprint density at radius 1 is 1.07 bits per heavy atom. The highest BCUT2D eigenvalue weighted by Gasteiger charge is 2.30. The number of phenolic OH excluding ortho intramolecular Hbond substituents is 1. The molecule has 1 fully saturated rings. The van der Waals surface area contributed by atoms with Gasteiger partial charge in [0.2, 0.25) is 0 Å². The zero-order valence-electron chi connectivity index (χ0n) is 16.8. The molecule has 0 spiro atoms. The third-order valence-electron chi connectivity index (χ3n) is 6.73. The van der Waals surface area contributed by atoms with Crippen LogP contribution in [0.25, 0.3) is 0 Å². The van der Waals surface area contributed by atoms with Crippen molar-refractivity contribution in [1.82, 2.24) is 0 Å². The molecular formula is C25H31NO2. The van der Waals surface area contributed by atoms with Gasteiger partial charge in [-0.2, -0.15) is 0 Å². The summed E-state index contributed by atoms with van der Waals surface area (Å²) in [5, 5.41) is 9.90. The summed E-state index contributed by atoms with van der Waals surface area (Å²) < 4.78 is 0. The Morgan fingerprint density at radius 3 is 2.50 bits per heavy atom. The number of hydrogen-bond acceptors (Lipinski definition) is 3. The van der Waals surface area contributed by atoms with E-state index in [4.69, 9.17) is 0 Å². The number of carbonyl (C=O) groups is 1. The Kier molecular flexibility index (Phi) is 5.70. The van der Waals surface area contributed by atoms with Crippen molar-refractivity contribution in [2.45, 2.75) is 51.4 Å². The Hall–Kier alpha value is -2.29. The molecule has 1 saturated heterocycles. The summed E-state index contributed by atoms with van der Waals surface area (Å²) in [6.07, 6.45) is 7.74. The van der Waals surface area contributed by atoms with Crippen LogP contribution in [0, 0.1) is 11.8 Å². The fraction of sp³-hybridized carbons (Fsp3) is 0.480. The molecule has 148 valence electrons. The van der Waals surface area contributed by atoms with E-state index in [-0.39, 0.29) is 5.92 Å². The van der Waals surface area contributed by atoms with Crippen molar-refractivity contribution >= 4 is 12.0 Å². The lowest BCUT2D eigenvalue weighted by molar-refractivity contribution is -0.111. The number of phenols is 1. The number of nitrogens with zero attached hydrogens (tertiary/aromatic N) is 1. The van der Waals surface area contributed by atoms with E-state index in [0.29, 0.717) is 17.6 Å². The second-order valence-electron chi connectivity index (χ2n) is 8.50. The standard InChI is InChI=1S/C25H31NO2/c1-2-3-19-4-5-21-16-23(28)10-11-24(21)25(19)20-6-8-22(9-7-20)26-14-12-18(17-27)13-15-26/h6-11,16-19,25,28H,2-5,12-15H2,1H3/t19-,25+/m0/s1. The SMILES string of the molecule is CCC[C@H]1CCc2cc(O)ccc2[C@H]1c1ccc(N2CCC(C=O)CC2)cc1. The Labute approximate surface area is 168 Å². The van der Waals surface area contributed by atoms with Crippen LogP contribution in [0.3, 0.4) is 0 Å². The number of benzene rings is 2. The van der Waals surface area contributed by atoms with Gasteiger partial charge in [-0.25, -0.2) is 0 Å². The van der Waals surface area contributed by atoms with E-state index in [1.165, 1.54) is 41.6 Å². The molecule has 2 aliphatic rings. The van der Waals surface area contributed by atoms with Gasteiger partial charge >= 0.3 is 0 Å². The summed E-state index contributed by atoms with van der Waals surface area (Å²) in [7, 11) is 0. The van der Waals surface area contributed by atoms with Crippen LogP contribution in [0.4, 0.5) is 5.69 Å². The van der Waals surface area contributed by atoms with E-state index in [9.17, 15) is 9.90 Å². The molecular weight excluding hydrogens is 346 g/mol. The third-order valence-corrected chi connectivity index (χ3v) is 6.73. The first kappa shape index (κ1) is 19.0. The van der Waals surface area contributed by atoms with Gasteiger partial charge in [0.1, 0.15) is 12.0 Å². The number of carbonyl (C=O) groups excluding carboxylic acids is 1. The summed E-state index contributed by atoms with van der Waals surface area (Å²) in [6.45, 7) is 4.20. The molecule has 0 aromatic heterocycles. The first-order valence-electron chi connectivity index (χ1n) is 10.8. The van der Waals surface area contributed by atoms with E-state index in [1.54, 1.807) is 0 Å². The number of fused-ring (bicyclic) bond motifs is 1. The van der Waals surface area contributed by atoms with Gasteiger partial charge in [0.15, 0.2) is 0 Å². The lowest BCUT2D eigenvalue weighted by atomic mass is 9.70. The highest BCUT2D eigenvalue weighted by Crippen LogP contribution is 2.44. The first-order chi connectivity index (χ1) is 13.7. The largest absolute Gasteiger partial charge is 0.508 e. The fourth-order valence-electron chi connectivity index (χ4n) is 5.19. The van der Waals surface area contributed by atoms with Crippen LogP contribution in [0.2, 0.25) is 0 Å². The number of aromatic hydroxyl groups is 1. The quantitative estimate of drug-likeness (QED) is 0.719. The van der Waals surface area contributed by atoms with Crippen LogP contribution < -0.4 is 4.90 Å². The Bertz CT molecular complexity index is 806. The predicted molar refractivity (Wildman–Crippen MR) is 114 cm³/mol. The zero-order chi connectivity index (χ0) is 19.5. The number of rotatable bonds is 5. The van der Waals surface area contributed by atoms with Gasteiger partial charge in [-0.05, 0) is 79.0 Å². The highest BCUT2D eigenvalue weighted by atomic mass is 16.3. The molecule has 0 unspecified atom stereocenters. The van der Waals surface area contributed by atoms with Gasteiger partial charge in [0.25, 0.3) is 0 Å². The van der Waals surface area contributed by atoms with Crippen LogP contribution in [0.1, 0.15) is 61.6 Å². The lowest BCUT2D eigenvalue weighted by Crippen LogP contribution is -2.34. The van der Waals surface area contributed by atoms with Gasteiger partial charge in [0, 0.05) is 30.6 Å². The van der Waals surface area contributed by atoms with Gasteiger partial charge in [0.05, 0.1) is 0 Å². The molecule has 2 atom stereocenters. The first-order valence-corrected chi connectivity index (χ1v) is 10.8. The molecule has 0 radical (unpaired) electrons. The molecule has 28 heavy (non-hydrogen) atoms. The highest BCUT2D eigenvalue weighted by molar-refractivity contribution is 5.56. The van der Waals surface area contributed by atoms with Crippen molar-refractivity contribution in [1.29, 1.82) is 0 Å². The summed E-state index contributed by atoms with van der Waals surface area (Å²) in [4.78, 5) is 13.4. The van der Waals surface area contributed by atoms with Crippen molar-refractivity contribution in [3.63, 3.8) is 0 Å². The summed E-state index contributed by atoms with van der Waals surface area (Å²) in [5.41, 5.74) is 5.35. The third kappa shape index (κ3) is 3.80. The summed E-state index contributed by atoms with van der Waals surface area (Å²) in [5.74, 6) is 1.69. The Morgan fingerprint density at radius 2 is 1.82 bits per heavy atom. The van der Waals surface area contributed by atoms with E-state index in [1.807, 2.05) is 12.1 Å². The number of hydrogen-bond donors (Lipinski definition) is 1. The summed E-state index contributed by atoms with van der Waals surface area (Å²) >= 11 is 0.